The summed E-state index contributed by atoms with van der Waals surface area (Å²) < 4.78 is 0. The lowest BCUT2D eigenvalue weighted by atomic mass is 10.1. The molecule has 1 atom stereocenters. The highest BCUT2D eigenvalue weighted by Crippen LogP contribution is 2.21. The molecule has 1 aromatic rings. The van der Waals surface area contributed by atoms with Crippen molar-refractivity contribution in [2.75, 3.05) is 0 Å². The normalized spacial score (nSPS) is 12.5. The van der Waals surface area contributed by atoms with Crippen molar-refractivity contribution >= 4 is 5.82 Å². The molecule has 1 heterocycles. The maximum absolute atomic E-state index is 6.84. The van der Waals surface area contributed by atoms with Crippen LogP contribution < -0.4 is 0 Å². The Morgan fingerprint density at radius 1 is 1.67 bits per heavy atom. The van der Waals surface area contributed by atoms with E-state index in [0.29, 0.717) is 11.7 Å². The molecule has 3 heteroatoms. The van der Waals surface area contributed by atoms with Crippen molar-refractivity contribution in [3.05, 3.63) is 22.9 Å². The quantitative estimate of drug-likeness (QED) is 0.668. The third-order valence-electron chi connectivity index (χ3n) is 2.06. The van der Waals surface area contributed by atoms with Crippen molar-refractivity contribution in [1.29, 1.82) is 0 Å². The second-order valence-electron chi connectivity index (χ2n) is 2.99. The molecule has 1 N–H and O–H groups in total. The van der Waals surface area contributed by atoms with Crippen LogP contribution in [-0.4, -0.2) is 9.97 Å². The summed E-state index contributed by atoms with van der Waals surface area (Å²) in [6.07, 6.45) is 1.05. The number of aromatic amines is 1. The lowest BCUT2D eigenvalue weighted by Gasteiger charge is -1.98. The van der Waals surface area contributed by atoms with Gasteiger partial charge in [-0.3, -0.25) is 0 Å². The topological polar surface area (TPSA) is 33.0 Å². The van der Waals surface area contributed by atoms with Crippen LogP contribution in [0.1, 0.15) is 37.7 Å². The van der Waals surface area contributed by atoms with Crippen LogP contribution in [0, 0.1) is 13.5 Å². The Hall–Kier alpha value is -1.30. The van der Waals surface area contributed by atoms with Crippen LogP contribution in [0.4, 0.5) is 5.82 Å². The second-order valence-corrected chi connectivity index (χ2v) is 2.99. The average Bonchev–Trinajstić information content (AvgIpc) is 2.45. The van der Waals surface area contributed by atoms with Gasteiger partial charge in [-0.25, -0.2) is 0 Å². The minimum absolute atomic E-state index is 0.416. The zero-order valence-corrected chi connectivity index (χ0v) is 7.68. The molecule has 0 radical (unpaired) electrons. The lowest BCUT2D eigenvalue weighted by Crippen LogP contribution is -1.93. The van der Waals surface area contributed by atoms with Gasteiger partial charge < -0.3 is 9.83 Å². The van der Waals surface area contributed by atoms with Crippen LogP contribution in [0.2, 0.25) is 0 Å². The molecule has 64 valence electrons. The van der Waals surface area contributed by atoms with Crippen molar-refractivity contribution in [1.82, 2.24) is 9.97 Å². The van der Waals surface area contributed by atoms with Gasteiger partial charge in [-0.15, -0.1) is 4.98 Å². The molecule has 0 aromatic carbocycles. The predicted molar refractivity (Wildman–Crippen MR) is 48.3 cm³/mol. The third kappa shape index (κ3) is 1.48. The highest BCUT2D eigenvalue weighted by atomic mass is 15.0. The van der Waals surface area contributed by atoms with E-state index in [1.807, 2.05) is 6.92 Å². The maximum Gasteiger partial charge on any atom is 0.290 e. The number of aryl methyl sites for hydroxylation is 1. The predicted octanol–water partition coefficient (Wildman–Crippen LogP) is 2.78. The summed E-state index contributed by atoms with van der Waals surface area (Å²) in [6.45, 7) is 12.9. The first-order valence-corrected chi connectivity index (χ1v) is 4.13. The van der Waals surface area contributed by atoms with Gasteiger partial charge >= 0.3 is 0 Å². The standard InChI is InChI=1S/C9H13N3/c1-5-6(2)8-11-7(3)9(10-4)12-8/h6H,5H2,1-3H3,(H,11,12). The molecule has 1 rings (SSSR count). The molecular formula is C9H13N3. The van der Waals surface area contributed by atoms with Crippen LogP contribution in [-0.2, 0) is 0 Å². The van der Waals surface area contributed by atoms with E-state index in [1.54, 1.807) is 0 Å². The molecule has 3 nitrogen and oxygen atoms in total. The fourth-order valence-corrected chi connectivity index (χ4v) is 1.01. The van der Waals surface area contributed by atoms with Gasteiger partial charge in [0.1, 0.15) is 0 Å². The Kier molecular flexibility index (Phi) is 2.49. The van der Waals surface area contributed by atoms with E-state index in [2.05, 4.69) is 28.7 Å². The molecule has 0 aliphatic carbocycles. The fraction of sp³-hybridized carbons (Fsp3) is 0.556. The summed E-state index contributed by atoms with van der Waals surface area (Å²) in [6, 6.07) is 0. The minimum Gasteiger partial charge on any atom is -0.359 e. The Morgan fingerprint density at radius 3 is 2.75 bits per heavy atom. The Labute approximate surface area is 72.7 Å². The van der Waals surface area contributed by atoms with Crippen LogP contribution in [0.3, 0.4) is 0 Å². The van der Waals surface area contributed by atoms with Crippen molar-refractivity contribution in [3.8, 4) is 0 Å². The molecule has 0 amide bonds. The first-order valence-electron chi connectivity index (χ1n) is 4.13. The van der Waals surface area contributed by atoms with E-state index in [0.717, 1.165) is 17.9 Å². The van der Waals surface area contributed by atoms with E-state index in [9.17, 15) is 0 Å². The largest absolute Gasteiger partial charge is 0.359 e. The number of hydrogen-bond acceptors (Lipinski definition) is 1. The highest BCUT2D eigenvalue weighted by Gasteiger charge is 2.13. The smallest absolute Gasteiger partial charge is 0.290 e. The summed E-state index contributed by atoms with van der Waals surface area (Å²) in [7, 11) is 0. The Balaban J connectivity index is 2.98. The monoisotopic (exact) mass is 163 g/mol. The molecule has 1 unspecified atom stereocenters. The van der Waals surface area contributed by atoms with Gasteiger partial charge in [0, 0.05) is 11.6 Å². The fourth-order valence-electron chi connectivity index (χ4n) is 1.01. The second kappa shape index (κ2) is 3.40. The maximum atomic E-state index is 6.84. The molecular weight excluding hydrogens is 150 g/mol. The molecule has 0 aliphatic heterocycles. The van der Waals surface area contributed by atoms with E-state index in [4.69, 9.17) is 6.57 Å². The number of rotatable bonds is 2. The van der Waals surface area contributed by atoms with E-state index in [-0.39, 0.29) is 0 Å². The molecule has 0 saturated heterocycles. The molecule has 0 spiro atoms. The summed E-state index contributed by atoms with van der Waals surface area (Å²) in [4.78, 5) is 10.6. The summed E-state index contributed by atoms with van der Waals surface area (Å²) >= 11 is 0. The molecule has 0 fully saturated rings. The van der Waals surface area contributed by atoms with Crippen molar-refractivity contribution in [2.24, 2.45) is 0 Å². The third-order valence-corrected chi connectivity index (χ3v) is 2.06. The van der Waals surface area contributed by atoms with Gasteiger partial charge in [0.2, 0.25) is 5.82 Å². The summed E-state index contributed by atoms with van der Waals surface area (Å²) in [5, 5.41) is 0. The summed E-state index contributed by atoms with van der Waals surface area (Å²) in [5.41, 5.74) is 0.875. The van der Waals surface area contributed by atoms with Crippen LogP contribution in [0.15, 0.2) is 0 Å². The number of aromatic nitrogens is 2. The SMILES string of the molecule is [C-]#[N+]c1nc(C(C)CC)[nH]c1C. The molecule has 0 bridgehead atoms. The number of imidazole rings is 1. The Bertz CT molecular complexity index is 306. The van der Waals surface area contributed by atoms with Gasteiger partial charge in [0.15, 0.2) is 0 Å². The van der Waals surface area contributed by atoms with Crippen molar-refractivity contribution in [3.63, 3.8) is 0 Å². The van der Waals surface area contributed by atoms with E-state index in [1.165, 1.54) is 0 Å². The zero-order chi connectivity index (χ0) is 9.14. The summed E-state index contributed by atoms with van der Waals surface area (Å²) in [5.74, 6) is 1.85. The van der Waals surface area contributed by atoms with Gasteiger partial charge in [0.25, 0.3) is 5.82 Å². The average molecular weight is 163 g/mol. The number of H-pyrrole nitrogens is 1. The van der Waals surface area contributed by atoms with Gasteiger partial charge in [-0.05, 0) is 13.3 Å². The first-order chi connectivity index (χ1) is 5.69. The number of hydrogen-bond donors (Lipinski definition) is 1. The van der Waals surface area contributed by atoms with Crippen LogP contribution in [0.5, 0.6) is 0 Å². The van der Waals surface area contributed by atoms with Gasteiger partial charge in [-0.1, -0.05) is 20.4 Å². The molecule has 1 aromatic heterocycles. The molecule has 12 heavy (non-hydrogen) atoms. The lowest BCUT2D eigenvalue weighted by molar-refractivity contribution is 0.688. The van der Waals surface area contributed by atoms with Crippen molar-refractivity contribution in [2.45, 2.75) is 33.1 Å². The Morgan fingerprint density at radius 2 is 2.33 bits per heavy atom. The zero-order valence-electron chi connectivity index (χ0n) is 7.68. The van der Waals surface area contributed by atoms with Gasteiger partial charge in [-0.2, -0.15) is 0 Å². The van der Waals surface area contributed by atoms with E-state index < -0.39 is 0 Å². The molecule has 0 saturated carbocycles. The van der Waals surface area contributed by atoms with Crippen molar-refractivity contribution < 1.29 is 0 Å². The van der Waals surface area contributed by atoms with Gasteiger partial charge in [0.05, 0.1) is 0 Å². The van der Waals surface area contributed by atoms with Crippen LogP contribution in [0.25, 0.3) is 4.85 Å². The van der Waals surface area contributed by atoms with Crippen LogP contribution >= 0.6 is 0 Å². The molecule has 0 aliphatic rings. The highest BCUT2D eigenvalue weighted by molar-refractivity contribution is 5.41. The minimum atomic E-state index is 0.416. The van der Waals surface area contributed by atoms with E-state index >= 15 is 0 Å². The number of nitrogens with one attached hydrogen (secondary N) is 1. The number of nitrogens with zero attached hydrogens (tertiary/aromatic N) is 2. The first kappa shape index (κ1) is 8.79.